The number of aryl methyl sites for hydroxylation is 1. The van der Waals surface area contributed by atoms with Crippen molar-refractivity contribution in [2.24, 2.45) is 5.92 Å². The van der Waals surface area contributed by atoms with Gasteiger partial charge in [-0.05, 0) is 38.3 Å². The van der Waals surface area contributed by atoms with E-state index in [1.165, 1.54) is 24.2 Å². The van der Waals surface area contributed by atoms with Gasteiger partial charge in [0.2, 0.25) is 0 Å². The third-order valence-electron chi connectivity index (χ3n) is 2.88. The largest absolute Gasteiger partial charge is 0.317 e. The Morgan fingerprint density at radius 3 is 2.93 bits per heavy atom. The summed E-state index contributed by atoms with van der Waals surface area (Å²) in [5.74, 6) is 0.808. The standard InChI is InChI=1S/C10H16N2OS/c13-10-12(7-8-14-10)6-3-9-1-4-11-5-2-9/h7-9,11H,1-6H2. The first-order valence-corrected chi connectivity index (χ1v) is 6.09. The van der Waals surface area contributed by atoms with Crippen LogP contribution in [0.15, 0.2) is 16.4 Å². The molecule has 1 saturated heterocycles. The Labute approximate surface area is 87.8 Å². The lowest BCUT2D eigenvalue weighted by Gasteiger charge is -2.22. The summed E-state index contributed by atoms with van der Waals surface area (Å²) in [6.45, 7) is 3.18. The van der Waals surface area contributed by atoms with Crippen molar-refractivity contribution in [1.82, 2.24) is 9.88 Å². The van der Waals surface area contributed by atoms with Gasteiger partial charge >= 0.3 is 4.87 Å². The van der Waals surface area contributed by atoms with Crippen LogP contribution in [0.2, 0.25) is 0 Å². The van der Waals surface area contributed by atoms with Gasteiger partial charge in [-0.25, -0.2) is 0 Å². The van der Waals surface area contributed by atoms with Gasteiger partial charge in [-0.1, -0.05) is 11.3 Å². The molecule has 0 amide bonds. The zero-order chi connectivity index (χ0) is 9.80. The minimum absolute atomic E-state index is 0.180. The number of hydrogen-bond acceptors (Lipinski definition) is 3. The van der Waals surface area contributed by atoms with Crippen LogP contribution in [-0.4, -0.2) is 17.7 Å². The molecule has 0 aliphatic carbocycles. The third kappa shape index (κ3) is 2.45. The van der Waals surface area contributed by atoms with Crippen LogP contribution in [0.3, 0.4) is 0 Å². The molecule has 0 unspecified atom stereocenters. The van der Waals surface area contributed by atoms with Crippen molar-refractivity contribution in [2.75, 3.05) is 13.1 Å². The highest BCUT2D eigenvalue weighted by Gasteiger charge is 2.12. The van der Waals surface area contributed by atoms with Gasteiger partial charge in [0.25, 0.3) is 0 Å². The maximum absolute atomic E-state index is 11.3. The summed E-state index contributed by atoms with van der Waals surface area (Å²) in [7, 11) is 0. The van der Waals surface area contributed by atoms with Crippen LogP contribution < -0.4 is 10.2 Å². The predicted octanol–water partition coefficient (Wildman–Crippen LogP) is 1.30. The minimum Gasteiger partial charge on any atom is -0.317 e. The van der Waals surface area contributed by atoms with Gasteiger partial charge in [-0.15, -0.1) is 0 Å². The molecule has 1 aromatic rings. The van der Waals surface area contributed by atoms with E-state index in [1.807, 2.05) is 16.1 Å². The second kappa shape index (κ2) is 4.75. The van der Waals surface area contributed by atoms with Crippen LogP contribution >= 0.6 is 11.3 Å². The fourth-order valence-electron chi connectivity index (χ4n) is 1.95. The molecule has 1 aliphatic heterocycles. The maximum atomic E-state index is 11.3. The fourth-order valence-corrected chi connectivity index (χ4v) is 2.56. The SMILES string of the molecule is O=c1sccn1CCC1CCNCC1. The van der Waals surface area contributed by atoms with Gasteiger partial charge in [0.05, 0.1) is 0 Å². The quantitative estimate of drug-likeness (QED) is 0.819. The number of rotatable bonds is 3. The second-order valence-corrected chi connectivity index (χ2v) is 4.70. The molecule has 1 aliphatic rings. The second-order valence-electron chi connectivity index (χ2n) is 3.84. The monoisotopic (exact) mass is 212 g/mol. The number of aromatic nitrogens is 1. The lowest BCUT2D eigenvalue weighted by molar-refractivity contribution is 0.337. The van der Waals surface area contributed by atoms with Gasteiger partial charge in [0.15, 0.2) is 0 Å². The molecule has 1 N–H and O–H groups in total. The molecule has 1 fully saturated rings. The molecule has 0 spiro atoms. The zero-order valence-corrected chi connectivity index (χ0v) is 9.05. The molecule has 1 aromatic heterocycles. The Kier molecular flexibility index (Phi) is 3.37. The van der Waals surface area contributed by atoms with E-state index in [4.69, 9.17) is 0 Å². The Morgan fingerprint density at radius 2 is 2.29 bits per heavy atom. The van der Waals surface area contributed by atoms with Crippen LogP contribution in [0, 0.1) is 5.92 Å². The van der Waals surface area contributed by atoms with Crippen molar-refractivity contribution < 1.29 is 0 Å². The van der Waals surface area contributed by atoms with E-state index >= 15 is 0 Å². The first-order chi connectivity index (χ1) is 6.86. The summed E-state index contributed by atoms with van der Waals surface area (Å²) in [6, 6.07) is 0. The molecule has 0 radical (unpaired) electrons. The van der Waals surface area contributed by atoms with E-state index in [9.17, 15) is 4.79 Å². The van der Waals surface area contributed by atoms with Crippen LogP contribution in [0.5, 0.6) is 0 Å². The summed E-state index contributed by atoms with van der Waals surface area (Å²) in [6.07, 6.45) is 5.57. The van der Waals surface area contributed by atoms with Crippen molar-refractivity contribution >= 4 is 11.3 Å². The Bertz CT molecular complexity index is 325. The highest BCUT2D eigenvalue weighted by Crippen LogP contribution is 2.16. The molecule has 0 aromatic carbocycles. The molecular formula is C10H16N2OS. The van der Waals surface area contributed by atoms with Crippen molar-refractivity contribution in [3.63, 3.8) is 0 Å². The first-order valence-electron chi connectivity index (χ1n) is 5.21. The normalized spacial score (nSPS) is 18.6. The van der Waals surface area contributed by atoms with Gasteiger partial charge in [-0.2, -0.15) is 0 Å². The molecule has 78 valence electrons. The molecule has 14 heavy (non-hydrogen) atoms. The first kappa shape index (κ1) is 9.93. The molecule has 4 heteroatoms. The molecule has 3 nitrogen and oxygen atoms in total. The van der Waals surface area contributed by atoms with Crippen molar-refractivity contribution in [3.05, 3.63) is 21.2 Å². The van der Waals surface area contributed by atoms with Crippen LogP contribution in [0.25, 0.3) is 0 Å². The summed E-state index contributed by atoms with van der Waals surface area (Å²) in [5.41, 5.74) is 0. The topological polar surface area (TPSA) is 34.0 Å². The average Bonchev–Trinajstić information content (AvgIpc) is 2.63. The summed E-state index contributed by atoms with van der Waals surface area (Å²) in [4.78, 5) is 11.4. The smallest absolute Gasteiger partial charge is 0.307 e. The van der Waals surface area contributed by atoms with Gasteiger partial charge in [0.1, 0.15) is 0 Å². The summed E-state index contributed by atoms with van der Waals surface area (Å²) in [5, 5.41) is 5.22. The molecule has 0 bridgehead atoms. The van der Waals surface area contributed by atoms with Crippen LogP contribution in [-0.2, 0) is 6.54 Å². The summed E-state index contributed by atoms with van der Waals surface area (Å²) >= 11 is 1.29. The molecule has 2 heterocycles. The molecule has 0 atom stereocenters. The lowest BCUT2D eigenvalue weighted by atomic mass is 9.95. The van der Waals surface area contributed by atoms with Gasteiger partial charge in [-0.3, -0.25) is 4.79 Å². The summed E-state index contributed by atoms with van der Waals surface area (Å²) < 4.78 is 1.83. The number of nitrogens with one attached hydrogen (secondary N) is 1. The van der Waals surface area contributed by atoms with E-state index in [-0.39, 0.29) is 4.87 Å². The van der Waals surface area contributed by atoms with Crippen molar-refractivity contribution in [2.45, 2.75) is 25.8 Å². The Hall–Kier alpha value is -0.610. The molecular weight excluding hydrogens is 196 g/mol. The highest BCUT2D eigenvalue weighted by atomic mass is 32.1. The van der Waals surface area contributed by atoms with E-state index in [0.29, 0.717) is 0 Å². The Morgan fingerprint density at radius 1 is 1.50 bits per heavy atom. The lowest BCUT2D eigenvalue weighted by Crippen LogP contribution is -2.28. The predicted molar refractivity (Wildman–Crippen MR) is 58.8 cm³/mol. The number of nitrogens with zero attached hydrogens (tertiary/aromatic N) is 1. The van der Waals surface area contributed by atoms with E-state index in [0.717, 1.165) is 32.0 Å². The fraction of sp³-hybridized carbons (Fsp3) is 0.700. The zero-order valence-electron chi connectivity index (χ0n) is 8.24. The number of thiazole rings is 1. The third-order valence-corrected chi connectivity index (χ3v) is 3.58. The number of piperidine rings is 1. The average molecular weight is 212 g/mol. The van der Waals surface area contributed by atoms with E-state index in [2.05, 4.69) is 5.32 Å². The van der Waals surface area contributed by atoms with Crippen LogP contribution in [0.4, 0.5) is 0 Å². The van der Waals surface area contributed by atoms with Crippen LogP contribution in [0.1, 0.15) is 19.3 Å². The highest BCUT2D eigenvalue weighted by molar-refractivity contribution is 7.07. The maximum Gasteiger partial charge on any atom is 0.307 e. The van der Waals surface area contributed by atoms with E-state index < -0.39 is 0 Å². The van der Waals surface area contributed by atoms with Crippen molar-refractivity contribution in [3.8, 4) is 0 Å². The van der Waals surface area contributed by atoms with E-state index in [1.54, 1.807) is 0 Å². The molecule has 0 saturated carbocycles. The van der Waals surface area contributed by atoms with Gasteiger partial charge < -0.3 is 9.88 Å². The van der Waals surface area contributed by atoms with Crippen molar-refractivity contribution in [1.29, 1.82) is 0 Å². The molecule has 2 rings (SSSR count). The minimum atomic E-state index is 0.180. The van der Waals surface area contributed by atoms with Gasteiger partial charge in [0, 0.05) is 18.1 Å². The Balaban J connectivity index is 1.82. The number of hydrogen-bond donors (Lipinski definition) is 1.